The second-order valence-electron chi connectivity index (χ2n) is 25.5. The van der Waals surface area contributed by atoms with Crippen LogP contribution in [0.5, 0.6) is 23.1 Å². The molecule has 2 aliphatic heterocycles. The molecular formula is C74H80ClFN12O18S. The van der Waals surface area contributed by atoms with Gasteiger partial charge >= 0.3 is 18.0 Å². The van der Waals surface area contributed by atoms with Gasteiger partial charge in [0.2, 0.25) is 29.7 Å². The zero-order valence-corrected chi connectivity index (χ0v) is 60.4. The maximum atomic E-state index is 14.5. The highest BCUT2D eigenvalue weighted by Gasteiger charge is 2.47. The van der Waals surface area contributed by atoms with Crippen LogP contribution in [0, 0.1) is 18.7 Å². The lowest BCUT2D eigenvalue weighted by molar-refractivity contribution is -0.228. The molecule has 8 N–H and O–H groups in total. The number of hydrogen-bond donors (Lipinski definition) is 8. The Balaban J connectivity index is 0.775. The largest absolute Gasteiger partial charge is 0.496 e. The number of benzene rings is 5. The summed E-state index contributed by atoms with van der Waals surface area (Å²) < 4.78 is 55.7. The first-order valence-corrected chi connectivity index (χ1v) is 35.4. The number of thiophene rings is 1. The number of aliphatic hydroxyl groups excluding tert-OH is 3. The highest BCUT2D eigenvalue weighted by Crippen LogP contribution is 2.50. The summed E-state index contributed by atoms with van der Waals surface area (Å²) >= 11 is 8.49. The van der Waals surface area contributed by atoms with Crippen molar-refractivity contribution >= 4 is 74.6 Å². The van der Waals surface area contributed by atoms with E-state index < -0.39 is 103 Å². The molecule has 0 bridgehead atoms. The van der Waals surface area contributed by atoms with Crippen LogP contribution < -0.4 is 34.9 Å². The molecule has 5 aromatic carbocycles. The first kappa shape index (κ1) is 78.9. The van der Waals surface area contributed by atoms with Crippen molar-refractivity contribution in [2.45, 2.75) is 109 Å². The minimum Gasteiger partial charge on any atom is -0.496 e. The molecule has 0 unspecified atom stereocenters. The summed E-state index contributed by atoms with van der Waals surface area (Å²) in [6, 6.07) is 28.1. The number of amides is 4. The second-order valence-corrected chi connectivity index (χ2v) is 26.9. The number of carbonyl (C=O) groups excluding carboxylic acids is 4. The summed E-state index contributed by atoms with van der Waals surface area (Å²) in [5, 5.41) is 64.2. The number of nitrogens with zero attached hydrogens (tertiary/aromatic N) is 9. The molecule has 33 heteroatoms. The molecule has 107 heavy (non-hydrogen) atoms. The van der Waals surface area contributed by atoms with Crippen molar-refractivity contribution in [3.63, 3.8) is 0 Å². The summed E-state index contributed by atoms with van der Waals surface area (Å²) in [6.45, 7) is 8.06. The number of halogens is 2. The number of rotatable bonds is 33. The number of azide groups is 1. The van der Waals surface area contributed by atoms with E-state index >= 15 is 0 Å². The number of nitrogens with one attached hydrogen (secondary N) is 3. The van der Waals surface area contributed by atoms with Crippen LogP contribution in [0.2, 0.25) is 5.02 Å². The van der Waals surface area contributed by atoms with Gasteiger partial charge in [-0.1, -0.05) is 85.2 Å². The molecule has 4 amide bonds. The van der Waals surface area contributed by atoms with E-state index in [9.17, 15) is 58.7 Å². The third-order valence-corrected chi connectivity index (χ3v) is 19.6. The van der Waals surface area contributed by atoms with Crippen molar-refractivity contribution in [1.82, 2.24) is 40.4 Å². The SMILES string of the molecule is COc1ccccc1-c1nccc(COc2ccccc2C[C@@H](Oc2ncnc3sc(-c4ccc(F)cc4)c(-c4ccc(OCCN5CCN(C(=O)OCc6ccc(NC(=O)[C@H](C)NC(=O)[C@@H](NC(=O)COCCN=[N+]=[N-])C(C)C)cc6CC[C@@H]6O[C@H](C(=O)O)[C@@H](O)[C@H](O)[C@H]6O)CC5)c(Cl)c4C)c23)C(=O)O)n1. The van der Waals surface area contributed by atoms with Crippen molar-refractivity contribution in [1.29, 1.82) is 0 Å². The normalized spacial score (nSPS) is 17.4. The van der Waals surface area contributed by atoms with Crippen molar-refractivity contribution in [3.8, 4) is 56.1 Å². The maximum Gasteiger partial charge on any atom is 0.410 e. The Morgan fingerprint density at radius 2 is 1.55 bits per heavy atom. The van der Waals surface area contributed by atoms with E-state index in [4.69, 9.17) is 55.3 Å². The van der Waals surface area contributed by atoms with Gasteiger partial charge in [0.05, 0.1) is 41.5 Å². The van der Waals surface area contributed by atoms with Gasteiger partial charge in [-0.2, -0.15) is 0 Å². The third-order valence-electron chi connectivity index (χ3n) is 17.9. The summed E-state index contributed by atoms with van der Waals surface area (Å²) in [6.07, 6.45) is -7.98. The number of carboxylic acids is 2. The Morgan fingerprint density at radius 1 is 0.804 bits per heavy atom. The van der Waals surface area contributed by atoms with Gasteiger partial charge in [0.1, 0.15) is 91.0 Å². The zero-order chi connectivity index (χ0) is 76.4. The molecule has 8 aromatic rings. The van der Waals surface area contributed by atoms with Gasteiger partial charge < -0.3 is 79.5 Å². The highest BCUT2D eigenvalue weighted by molar-refractivity contribution is 7.22. The van der Waals surface area contributed by atoms with Crippen LogP contribution in [-0.4, -0.2) is 206 Å². The van der Waals surface area contributed by atoms with Crippen LogP contribution in [0.15, 0.2) is 127 Å². The number of para-hydroxylation sites is 2. The van der Waals surface area contributed by atoms with Crippen LogP contribution in [-0.2, 0) is 64.2 Å². The summed E-state index contributed by atoms with van der Waals surface area (Å²) in [4.78, 5) is 104. The molecule has 30 nitrogen and oxygen atoms in total. The number of fused-ring (bicyclic) bond motifs is 1. The molecular weight excluding hydrogens is 1430 g/mol. The average molecular weight is 1510 g/mol. The number of carboxylic acid groups (broad SMARTS) is 2. The van der Waals surface area contributed by atoms with Crippen LogP contribution in [0.25, 0.3) is 53.6 Å². The molecule has 5 heterocycles. The minimum absolute atomic E-state index is 0.00599. The van der Waals surface area contributed by atoms with Gasteiger partial charge in [0.25, 0.3) is 0 Å². The van der Waals surface area contributed by atoms with Crippen LogP contribution in [0.4, 0.5) is 14.9 Å². The highest BCUT2D eigenvalue weighted by atomic mass is 35.5. The first-order valence-electron chi connectivity index (χ1n) is 34.2. The van der Waals surface area contributed by atoms with Gasteiger partial charge in [-0.05, 0) is 126 Å². The Morgan fingerprint density at radius 3 is 2.28 bits per heavy atom. The van der Waals surface area contributed by atoms with Gasteiger partial charge in [0.15, 0.2) is 11.9 Å². The Kier molecular flexibility index (Phi) is 27.3. The summed E-state index contributed by atoms with van der Waals surface area (Å²) in [5.41, 5.74) is 13.8. The molecule has 0 spiro atoms. The number of carbonyl (C=O) groups is 6. The molecule has 2 fully saturated rings. The third kappa shape index (κ3) is 20.1. The molecule has 0 radical (unpaired) electrons. The van der Waals surface area contributed by atoms with E-state index in [-0.39, 0.29) is 81.9 Å². The molecule has 0 aliphatic carbocycles. The number of ether oxygens (including phenoxy) is 7. The fraction of sp³-hybridized carbons (Fsp3) is 0.378. The Hall–Kier alpha value is -10.7. The van der Waals surface area contributed by atoms with Gasteiger partial charge in [-0.3, -0.25) is 19.3 Å². The predicted molar refractivity (Wildman–Crippen MR) is 389 cm³/mol. The smallest absolute Gasteiger partial charge is 0.410 e. The van der Waals surface area contributed by atoms with Crippen molar-refractivity contribution in [2.24, 2.45) is 11.0 Å². The standard InChI is InChI=1S/C74H80ClFN12O18S/c1-40(2)61(85-57(89)38-101-32-26-81-86-77)69(94)82-42(4)68(93)84-48-20-16-46(44(34-48)17-22-55-62(90)63(91)64(92)65(105-55)73(97)98)36-104-74(99)88-29-27-87(28-30-88)31-33-102-54-23-21-50(41(3)60(54)75)58-59-70(79-39-80-71(59)107-66(58)43-14-18-47(76)19-15-43)106-56(72(95)96)35-45-10-6-8-12-52(45)103-37-49-24-25-78-67(83-49)51-11-7-9-13-53(51)100-5/h6-16,18-21,23-25,34,39-40,42,55-56,61-65,90-92H,17,22,26-33,35-38H2,1-5H3,(H,82,94)(H,84,93)(H,85,89)(H,95,96)(H,97,98)/t42-,55-,56+,61-,62-,63+,64-,65-/m0/s1. The molecule has 0 saturated carbocycles. The number of aliphatic hydroxyl groups is 3. The Bertz CT molecular complexity index is 4550. The molecule has 3 aromatic heterocycles. The Labute approximate surface area is 622 Å². The van der Waals surface area contributed by atoms with Gasteiger partial charge in [-0.25, -0.2) is 38.7 Å². The minimum atomic E-state index is -1.91. The number of aromatic nitrogens is 4. The molecule has 8 atom stereocenters. The number of methoxy groups -OCH3 is 1. The number of piperazine rings is 1. The number of hydrogen-bond acceptors (Lipinski definition) is 23. The van der Waals surface area contributed by atoms with Crippen molar-refractivity contribution < 1.29 is 91.8 Å². The maximum absolute atomic E-state index is 14.5. The molecule has 564 valence electrons. The number of aliphatic carboxylic acids is 2. The molecule has 10 rings (SSSR count). The molecule has 2 aliphatic rings. The van der Waals surface area contributed by atoms with E-state index in [1.807, 2.05) is 37.3 Å². The van der Waals surface area contributed by atoms with E-state index in [0.717, 1.165) is 0 Å². The van der Waals surface area contributed by atoms with E-state index in [0.29, 0.717) is 108 Å². The zero-order valence-electron chi connectivity index (χ0n) is 58.9. The summed E-state index contributed by atoms with van der Waals surface area (Å²) in [5.74, 6) is -3.80. The van der Waals surface area contributed by atoms with Crippen molar-refractivity contribution in [2.75, 3.05) is 71.5 Å². The average Bonchev–Trinajstić information content (AvgIpc) is 1.60. The monoisotopic (exact) mass is 1510 g/mol. The van der Waals surface area contributed by atoms with E-state index in [1.165, 1.54) is 42.8 Å². The lowest BCUT2D eigenvalue weighted by Gasteiger charge is -2.39. The fourth-order valence-electron chi connectivity index (χ4n) is 12.1. The van der Waals surface area contributed by atoms with Crippen LogP contribution in [0.3, 0.4) is 0 Å². The predicted octanol–water partition coefficient (Wildman–Crippen LogP) is 8.36. The second kappa shape index (κ2) is 37.0. The lowest BCUT2D eigenvalue weighted by Crippen LogP contribution is -2.59. The lowest BCUT2D eigenvalue weighted by atomic mass is 9.91. The van der Waals surface area contributed by atoms with Crippen LogP contribution in [0.1, 0.15) is 55.1 Å². The fourth-order valence-corrected chi connectivity index (χ4v) is 13.5. The number of aryl methyl sites for hydroxylation is 1. The van der Waals surface area contributed by atoms with E-state index in [1.54, 1.807) is 92.7 Å². The van der Waals surface area contributed by atoms with Crippen LogP contribution >= 0.6 is 22.9 Å². The van der Waals surface area contributed by atoms with E-state index in [2.05, 4.69) is 45.8 Å². The van der Waals surface area contributed by atoms with Crippen molar-refractivity contribution in [3.05, 3.63) is 171 Å². The van der Waals surface area contributed by atoms with Gasteiger partial charge in [-0.15, -0.1) is 11.3 Å². The topological polar surface area (TPSA) is 411 Å². The van der Waals surface area contributed by atoms with Gasteiger partial charge in [0, 0.05) is 72.9 Å². The molecule has 2 saturated heterocycles. The quantitative estimate of drug-likeness (QED) is 0.00828. The summed E-state index contributed by atoms with van der Waals surface area (Å²) in [7, 11) is 1.57. The number of anilines is 1. The first-order chi connectivity index (χ1) is 51.5.